The van der Waals surface area contributed by atoms with Gasteiger partial charge in [-0.2, -0.15) is 0 Å². The minimum Gasteiger partial charge on any atom is -0.481 e. The van der Waals surface area contributed by atoms with Crippen molar-refractivity contribution in [3.8, 4) is 0 Å². The molecule has 1 aromatic rings. The molecule has 3 unspecified atom stereocenters. The number of hydrogen-bond acceptors (Lipinski definition) is 3. The van der Waals surface area contributed by atoms with E-state index in [0.717, 1.165) is 12.8 Å². The standard InChI is InChI=1S/C15H21NO3S/c1-8-4-5-12-11(6-8)7-13(20-12)14(17)16-10(3)9(2)15(18)19/h7-10H,4-6H2,1-3H3,(H,16,17)(H,18,19). The summed E-state index contributed by atoms with van der Waals surface area (Å²) in [6.07, 6.45) is 3.27. The molecule has 0 bridgehead atoms. The molecule has 1 amide bonds. The SMILES string of the molecule is CC1CCc2sc(C(=O)NC(C)C(C)C(=O)O)cc2C1. The van der Waals surface area contributed by atoms with Gasteiger partial charge < -0.3 is 10.4 Å². The topological polar surface area (TPSA) is 66.4 Å². The zero-order valence-corrected chi connectivity index (χ0v) is 12.9. The maximum atomic E-state index is 12.2. The molecule has 0 spiro atoms. The van der Waals surface area contributed by atoms with Crippen LogP contribution in [-0.2, 0) is 17.6 Å². The van der Waals surface area contributed by atoms with Gasteiger partial charge in [0.15, 0.2) is 0 Å². The van der Waals surface area contributed by atoms with Gasteiger partial charge in [-0.15, -0.1) is 11.3 Å². The molecule has 5 heteroatoms. The van der Waals surface area contributed by atoms with Crippen molar-refractivity contribution in [1.29, 1.82) is 0 Å². The van der Waals surface area contributed by atoms with Gasteiger partial charge in [0.1, 0.15) is 0 Å². The third-order valence-electron chi connectivity index (χ3n) is 4.05. The number of nitrogens with one attached hydrogen (secondary N) is 1. The number of rotatable bonds is 4. The molecule has 3 atom stereocenters. The van der Waals surface area contributed by atoms with Crippen LogP contribution in [0.4, 0.5) is 0 Å². The Hall–Kier alpha value is -1.36. The van der Waals surface area contributed by atoms with Crippen molar-refractivity contribution >= 4 is 23.2 Å². The lowest BCUT2D eigenvalue weighted by Gasteiger charge is -2.17. The first-order valence-electron chi connectivity index (χ1n) is 7.03. The van der Waals surface area contributed by atoms with Crippen molar-refractivity contribution < 1.29 is 14.7 Å². The first kappa shape index (κ1) is 15.0. The van der Waals surface area contributed by atoms with Crippen molar-refractivity contribution in [3.05, 3.63) is 21.4 Å². The predicted molar refractivity (Wildman–Crippen MR) is 79.2 cm³/mol. The molecule has 2 N–H and O–H groups in total. The molecule has 0 saturated heterocycles. The third kappa shape index (κ3) is 3.20. The lowest BCUT2D eigenvalue weighted by molar-refractivity contribution is -0.141. The van der Waals surface area contributed by atoms with Gasteiger partial charge in [0.2, 0.25) is 0 Å². The highest BCUT2D eigenvalue weighted by atomic mass is 32.1. The van der Waals surface area contributed by atoms with Crippen molar-refractivity contribution in [1.82, 2.24) is 5.32 Å². The Kier molecular flexibility index (Phi) is 4.48. The van der Waals surface area contributed by atoms with Gasteiger partial charge in [0, 0.05) is 10.9 Å². The van der Waals surface area contributed by atoms with Crippen LogP contribution in [-0.4, -0.2) is 23.0 Å². The highest BCUT2D eigenvalue weighted by Crippen LogP contribution is 2.32. The zero-order chi connectivity index (χ0) is 14.9. The van der Waals surface area contributed by atoms with Crippen molar-refractivity contribution in [2.45, 2.75) is 46.1 Å². The number of aryl methyl sites for hydroxylation is 1. The van der Waals surface area contributed by atoms with Crippen LogP contribution in [0.3, 0.4) is 0 Å². The van der Waals surface area contributed by atoms with E-state index < -0.39 is 11.9 Å². The number of aliphatic carboxylic acids is 1. The number of carboxylic acids is 1. The Morgan fingerprint density at radius 1 is 1.45 bits per heavy atom. The number of carbonyl (C=O) groups is 2. The van der Waals surface area contributed by atoms with E-state index in [0.29, 0.717) is 10.8 Å². The monoisotopic (exact) mass is 295 g/mol. The molecular formula is C15H21NO3S. The van der Waals surface area contributed by atoms with E-state index in [1.165, 1.54) is 16.9 Å². The molecule has 1 heterocycles. The summed E-state index contributed by atoms with van der Waals surface area (Å²) in [4.78, 5) is 25.1. The number of hydrogen-bond donors (Lipinski definition) is 2. The molecule has 1 aromatic heterocycles. The maximum Gasteiger partial charge on any atom is 0.308 e. The highest BCUT2D eigenvalue weighted by molar-refractivity contribution is 7.14. The van der Waals surface area contributed by atoms with Crippen LogP contribution in [0.25, 0.3) is 0 Å². The fourth-order valence-electron chi connectivity index (χ4n) is 2.43. The quantitative estimate of drug-likeness (QED) is 0.897. The van der Waals surface area contributed by atoms with Crippen LogP contribution in [0.2, 0.25) is 0 Å². The molecule has 1 aliphatic rings. The number of carboxylic acid groups (broad SMARTS) is 1. The molecule has 20 heavy (non-hydrogen) atoms. The summed E-state index contributed by atoms with van der Waals surface area (Å²) in [5.41, 5.74) is 1.29. The molecule has 1 aliphatic carbocycles. The van der Waals surface area contributed by atoms with Gasteiger partial charge >= 0.3 is 5.97 Å². The van der Waals surface area contributed by atoms with Gasteiger partial charge in [-0.3, -0.25) is 9.59 Å². The predicted octanol–water partition coefficient (Wildman–Crippen LogP) is 2.71. The van der Waals surface area contributed by atoms with E-state index in [-0.39, 0.29) is 11.9 Å². The van der Waals surface area contributed by atoms with E-state index >= 15 is 0 Å². The maximum absolute atomic E-state index is 12.2. The average Bonchev–Trinajstić information content (AvgIpc) is 2.80. The number of carbonyl (C=O) groups excluding carboxylic acids is 1. The minimum absolute atomic E-state index is 0.155. The average molecular weight is 295 g/mol. The van der Waals surface area contributed by atoms with Crippen LogP contribution in [0, 0.1) is 11.8 Å². The van der Waals surface area contributed by atoms with E-state index in [4.69, 9.17) is 5.11 Å². The second-order valence-electron chi connectivity index (χ2n) is 5.80. The molecule has 0 radical (unpaired) electrons. The largest absolute Gasteiger partial charge is 0.481 e. The molecule has 0 aliphatic heterocycles. The minimum atomic E-state index is -0.892. The van der Waals surface area contributed by atoms with Crippen LogP contribution in [0.5, 0.6) is 0 Å². The van der Waals surface area contributed by atoms with Gasteiger partial charge in [-0.05, 0) is 50.7 Å². The Morgan fingerprint density at radius 2 is 2.15 bits per heavy atom. The molecule has 0 saturated carbocycles. The Balaban J connectivity index is 2.05. The second kappa shape index (κ2) is 5.95. The highest BCUT2D eigenvalue weighted by Gasteiger charge is 2.24. The van der Waals surface area contributed by atoms with Crippen LogP contribution in [0.15, 0.2) is 6.07 Å². The van der Waals surface area contributed by atoms with Gasteiger partial charge in [0.25, 0.3) is 5.91 Å². The summed E-state index contributed by atoms with van der Waals surface area (Å²) >= 11 is 1.55. The smallest absolute Gasteiger partial charge is 0.308 e. The van der Waals surface area contributed by atoms with E-state index in [2.05, 4.69) is 12.2 Å². The van der Waals surface area contributed by atoms with Gasteiger partial charge in [0.05, 0.1) is 10.8 Å². The van der Waals surface area contributed by atoms with Crippen LogP contribution >= 0.6 is 11.3 Å². The van der Waals surface area contributed by atoms with Crippen molar-refractivity contribution in [3.63, 3.8) is 0 Å². The normalized spacial score (nSPS) is 20.9. The third-order valence-corrected chi connectivity index (χ3v) is 5.29. The molecule has 0 aromatic carbocycles. The van der Waals surface area contributed by atoms with Gasteiger partial charge in [-0.25, -0.2) is 0 Å². The molecule has 0 fully saturated rings. The summed E-state index contributed by atoms with van der Waals surface area (Å²) in [5, 5.41) is 11.7. The summed E-state index contributed by atoms with van der Waals surface area (Å²) in [7, 11) is 0. The summed E-state index contributed by atoms with van der Waals surface area (Å²) in [5.74, 6) is -0.956. The number of fused-ring (bicyclic) bond motifs is 1. The lowest BCUT2D eigenvalue weighted by atomic mass is 9.90. The molecular weight excluding hydrogens is 274 g/mol. The van der Waals surface area contributed by atoms with E-state index in [9.17, 15) is 9.59 Å². The van der Waals surface area contributed by atoms with Crippen LogP contribution < -0.4 is 5.32 Å². The fourth-order valence-corrected chi connectivity index (χ4v) is 3.55. The first-order valence-corrected chi connectivity index (χ1v) is 7.85. The summed E-state index contributed by atoms with van der Waals surface area (Å²) < 4.78 is 0. The second-order valence-corrected chi connectivity index (χ2v) is 6.93. The molecule has 4 nitrogen and oxygen atoms in total. The van der Waals surface area contributed by atoms with Crippen molar-refractivity contribution in [2.24, 2.45) is 11.8 Å². The zero-order valence-electron chi connectivity index (χ0n) is 12.1. The Bertz CT molecular complexity index is 523. The Morgan fingerprint density at radius 3 is 2.80 bits per heavy atom. The summed E-state index contributed by atoms with van der Waals surface area (Å²) in [6, 6.07) is 1.60. The summed E-state index contributed by atoms with van der Waals surface area (Å²) in [6.45, 7) is 5.57. The molecule has 2 rings (SSSR count). The molecule has 110 valence electrons. The van der Waals surface area contributed by atoms with E-state index in [1.807, 2.05) is 6.07 Å². The van der Waals surface area contributed by atoms with Crippen LogP contribution in [0.1, 0.15) is 47.3 Å². The first-order chi connectivity index (χ1) is 9.38. The van der Waals surface area contributed by atoms with E-state index in [1.54, 1.807) is 25.2 Å². The van der Waals surface area contributed by atoms with Crippen molar-refractivity contribution in [2.75, 3.05) is 0 Å². The number of thiophene rings is 1. The number of amides is 1. The lowest BCUT2D eigenvalue weighted by Crippen LogP contribution is -2.39. The van der Waals surface area contributed by atoms with Gasteiger partial charge in [-0.1, -0.05) is 6.92 Å². The Labute approximate surface area is 123 Å². The fraction of sp³-hybridized carbons (Fsp3) is 0.600.